The van der Waals surface area contributed by atoms with E-state index in [0.717, 1.165) is 12.1 Å². The summed E-state index contributed by atoms with van der Waals surface area (Å²) in [4.78, 5) is 23.2. The molecule has 0 spiro atoms. The van der Waals surface area contributed by atoms with E-state index in [1.807, 2.05) is 0 Å². The highest BCUT2D eigenvalue weighted by molar-refractivity contribution is 5.91. The molecule has 1 aliphatic rings. The van der Waals surface area contributed by atoms with Gasteiger partial charge in [0, 0.05) is 6.42 Å². The number of nitrogens with one attached hydrogen (secondary N) is 2. The monoisotopic (exact) mass is 314 g/mol. The molecule has 120 valence electrons. The predicted molar refractivity (Wildman–Crippen MR) is 73.8 cm³/mol. The first kappa shape index (κ1) is 16.3. The summed E-state index contributed by atoms with van der Waals surface area (Å²) in [6.45, 7) is 3.24. The fourth-order valence-electron chi connectivity index (χ4n) is 2.36. The molecule has 0 bridgehead atoms. The SMILES string of the molecule is CC(C)(NC(=O)[C@@H]1CCC(=O)N1)c1cccc(C(F)(F)F)c1. The van der Waals surface area contributed by atoms with Gasteiger partial charge in [-0.2, -0.15) is 13.2 Å². The summed E-state index contributed by atoms with van der Waals surface area (Å²) in [6.07, 6.45) is -3.76. The summed E-state index contributed by atoms with van der Waals surface area (Å²) in [5.41, 5.74) is -1.40. The van der Waals surface area contributed by atoms with Crippen molar-refractivity contribution in [3.63, 3.8) is 0 Å². The summed E-state index contributed by atoms with van der Waals surface area (Å²) in [6, 6.07) is 4.22. The van der Waals surface area contributed by atoms with E-state index in [2.05, 4.69) is 10.6 Å². The molecule has 7 heteroatoms. The smallest absolute Gasteiger partial charge is 0.345 e. The molecule has 0 aliphatic carbocycles. The van der Waals surface area contributed by atoms with Crippen LogP contribution in [0.4, 0.5) is 13.2 Å². The molecule has 1 aromatic rings. The molecule has 1 fully saturated rings. The number of halogens is 3. The molecular formula is C15H17F3N2O2. The lowest BCUT2D eigenvalue weighted by atomic mass is 9.92. The highest BCUT2D eigenvalue weighted by Gasteiger charge is 2.34. The first-order valence-electron chi connectivity index (χ1n) is 6.89. The van der Waals surface area contributed by atoms with Crippen LogP contribution in [-0.2, 0) is 21.3 Å². The predicted octanol–water partition coefficient (Wildman–Crippen LogP) is 2.34. The normalized spacial score (nSPS) is 19.0. The summed E-state index contributed by atoms with van der Waals surface area (Å²) in [5, 5.41) is 5.23. The van der Waals surface area contributed by atoms with Crippen molar-refractivity contribution in [3.05, 3.63) is 35.4 Å². The van der Waals surface area contributed by atoms with Gasteiger partial charge >= 0.3 is 6.18 Å². The lowest BCUT2D eigenvalue weighted by Crippen LogP contribution is -2.49. The van der Waals surface area contributed by atoms with Gasteiger partial charge in [0.15, 0.2) is 0 Å². The van der Waals surface area contributed by atoms with Gasteiger partial charge in [0.1, 0.15) is 6.04 Å². The van der Waals surface area contributed by atoms with Crippen molar-refractivity contribution in [1.82, 2.24) is 10.6 Å². The molecular weight excluding hydrogens is 297 g/mol. The molecule has 1 aliphatic heterocycles. The van der Waals surface area contributed by atoms with E-state index < -0.39 is 29.2 Å². The van der Waals surface area contributed by atoms with E-state index in [0.29, 0.717) is 12.0 Å². The van der Waals surface area contributed by atoms with Crippen molar-refractivity contribution < 1.29 is 22.8 Å². The fraction of sp³-hybridized carbons (Fsp3) is 0.467. The molecule has 0 aromatic heterocycles. The van der Waals surface area contributed by atoms with Crippen molar-refractivity contribution in [2.24, 2.45) is 0 Å². The minimum Gasteiger partial charge on any atom is -0.345 e. The highest BCUT2D eigenvalue weighted by Crippen LogP contribution is 2.32. The summed E-state index contributed by atoms with van der Waals surface area (Å²) in [7, 11) is 0. The molecule has 22 heavy (non-hydrogen) atoms. The molecule has 0 unspecified atom stereocenters. The number of hydrogen-bond acceptors (Lipinski definition) is 2. The molecule has 1 saturated heterocycles. The van der Waals surface area contributed by atoms with E-state index >= 15 is 0 Å². The van der Waals surface area contributed by atoms with Crippen molar-refractivity contribution in [3.8, 4) is 0 Å². The molecule has 2 N–H and O–H groups in total. The van der Waals surface area contributed by atoms with Crippen molar-refractivity contribution >= 4 is 11.8 Å². The fourth-order valence-corrected chi connectivity index (χ4v) is 2.36. The molecule has 1 atom stereocenters. The molecule has 0 saturated carbocycles. The van der Waals surface area contributed by atoms with Crippen LogP contribution in [0.15, 0.2) is 24.3 Å². The Labute approximate surface area is 126 Å². The Bertz CT molecular complexity index is 597. The van der Waals surface area contributed by atoms with Gasteiger partial charge < -0.3 is 10.6 Å². The largest absolute Gasteiger partial charge is 0.416 e. The third-order valence-electron chi connectivity index (χ3n) is 3.66. The number of hydrogen-bond donors (Lipinski definition) is 2. The van der Waals surface area contributed by atoms with Gasteiger partial charge in [-0.3, -0.25) is 9.59 Å². The van der Waals surface area contributed by atoms with Crippen LogP contribution in [0.25, 0.3) is 0 Å². The molecule has 2 amide bonds. The van der Waals surface area contributed by atoms with Gasteiger partial charge in [-0.05, 0) is 38.0 Å². The second-order valence-corrected chi connectivity index (χ2v) is 5.85. The van der Waals surface area contributed by atoms with Crippen molar-refractivity contribution in [1.29, 1.82) is 0 Å². The average molecular weight is 314 g/mol. The number of amides is 2. The minimum absolute atomic E-state index is 0.197. The maximum atomic E-state index is 12.8. The van der Waals surface area contributed by atoms with Crippen LogP contribution in [0.3, 0.4) is 0 Å². The van der Waals surface area contributed by atoms with Crippen LogP contribution < -0.4 is 10.6 Å². The second kappa shape index (κ2) is 5.62. The van der Waals surface area contributed by atoms with Crippen LogP contribution in [0, 0.1) is 0 Å². The van der Waals surface area contributed by atoms with Crippen LogP contribution in [-0.4, -0.2) is 17.9 Å². The van der Waals surface area contributed by atoms with Crippen molar-refractivity contribution in [2.75, 3.05) is 0 Å². The Kier molecular flexibility index (Phi) is 4.17. The zero-order valence-electron chi connectivity index (χ0n) is 12.3. The molecule has 2 rings (SSSR count). The van der Waals surface area contributed by atoms with E-state index in [9.17, 15) is 22.8 Å². The lowest BCUT2D eigenvalue weighted by molar-refractivity contribution is -0.137. The number of rotatable bonds is 3. The zero-order chi connectivity index (χ0) is 16.5. The molecule has 1 aromatic carbocycles. The molecule has 4 nitrogen and oxygen atoms in total. The van der Waals surface area contributed by atoms with E-state index in [4.69, 9.17) is 0 Å². The zero-order valence-corrected chi connectivity index (χ0v) is 12.3. The van der Waals surface area contributed by atoms with Crippen LogP contribution >= 0.6 is 0 Å². The third kappa shape index (κ3) is 3.58. The van der Waals surface area contributed by atoms with Gasteiger partial charge in [0.2, 0.25) is 11.8 Å². The Balaban J connectivity index is 2.16. The second-order valence-electron chi connectivity index (χ2n) is 5.85. The van der Waals surface area contributed by atoms with Crippen LogP contribution in [0.1, 0.15) is 37.8 Å². The highest BCUT2D eigenvalue weighted by atomic mass is 19.4. The van der Waals surface area contributed by atoms with Crippen LogP contribution in [0.5, 0.6) is 0 Å². The first-order valence-corrected chi connectivity index (χ1v) is 6.89. The summed E-state index contributed by atoms with van der Waals surface area (Å²) in [5.74, 6) is -0.592. The van der Waals surface area contributed by atoms with E-state index in [-0.39, 0.29) is 12.3 Å². The van der Waals surface area contributed by atoms with Gasteiger partial charge in [0.05, 0.1) is 11.1 Å². The maximum absolute atomic E-state index is 12.8. The van der Waals surface area contributed by atoms with E-state index in [1.165, 1.54) is 12.1 Å². The number of benzene rings is 1. The topological polar surface area (TPSA) is 58.2 Å². The van der Waals surface area contributed by atoms with Gasteiger partial charge in [-0.25, -0.2) is 0 Å². The Morgan fingerprint density at radius 3 is 2.45 bits per heavy atom. The average Bonchev–Trinajstić information content (AvgIpc) is 2.84. The number of carbonyl (C=O) groups excluding carboxylic acids is 2. The van der Waals surface area contributed by atoms with Crippen LogP contribution in [0.2, 0.25) is 0 Å². The Hall–Kier alpha value is -2.05. The molecule has 1 heterocycles. The minimum atomic E-state index is -4.43. The first-order chi connectivity index (χ1) is 10.1. The Morgan fingerprint density at radius 1 is 1.27 bits per heavy atom. The number of alkyl halides is 3. The summed E-state index contributed by atoms with van der Waals surface area (Å²) >= 11 is 0. The quantitative estimate of drug-likeness (QED) is 0.899. The lowest BCUT2D eigenvalue weighted by Gasteiger charge is -2.29. The standard InChI is InChI=1S/C15H17F3N2O2/c1-14(2,20-13(22)11-6-7-12(21)19-11)9-4-3-5-10(8-9)15(16,17)18/h3-5,8,11H,6-7H2,1-2H3,(H,19,21)(H,20,22)/t11-/m0/s1. The maximum Gasteiger partial charge on any atom is 0.416 e. The van der Waals surface area contributed by atoms with Gasteiger partial charge in [0.25, 0.3) is 0 Å². The molecule has 0 radical (unpaired) electrons. The van der Waals surface area contributed by atoms with Gasteiger partial charge in [-0.1, -0.05) is 12.1 Å². The van der Waals surface area contributed by atoms with E-state index in [1.54, 1.807) is 13.8 Å². The summed E-state index contributed by atoms with van der Waals surface area (Å²) < 4.78 is 38.3. The third-order valence-corrected chi connectivity index (χ3v) is 3.66. The number of carbonyl (C=O) groups is 2. The van der Waals surface area contributed by atoms with Crippen molar-refractivity contribution in [2.45, 2.75) is 44.4 Å². The van der Waals surface area contributed by atoms with Gasteiger partial charge in [-0.15, -0.1) is 0 Å². The Morgan fingerprint density at radius 2 is 1.91 bits per heavy atom.